The number of aromatic amines is 1. The number of aromatic nitrogens is 3. The fraction of sp³-hybridized carbons (Fsp3) is 0.357. The Balaban J connectivity index is 1.79. The number of methoxy groups -OCH3 is 1. The number of rotatable bonds is 5. The van der Waals surface area contributed by atoms with Crippen LogP contribution in [0.3, 0.4) is 0 Å². The zero-order valence-electron chi connectivity index (χ0n) is 12.5. The van der Waals surface area contributed by atoms with Crippen molar-refractivity contribution >= 4 is 27.8 Å². The highest BCUT2D eigenvalue weighted by Crippen LogP contribution is 2.25. The first-order chi connectivity index (χ1) is 10.5. The molecule has 0 saturated carbocycles. The number of H-pyrrole nitrogens is 1. The van der Waals surface area contributed by atoms with Crippen LogP contribution in [0.25, 0.3) is 11.1 Å². The number of ether oxygens (including phenoxy) is 1. The van der Waals surface area contributed by atoms with E-state index in [1.54, 1.807) is 13.2 Å². The molecule has 0 unspecified atom stereocenters. The average molecular weight is 320 g/mol. The standard InChI is InChI=1S/C14H16N4O3S/c1-14(2,20-3)11-17-12(22-18-11)15-7-8-5-4-6-9-10(8)21-13(19)16-9/h4-6H,7H2,1-3H3,(H,16,19)(H,15,17,18). The molecule has 2 aromatic heterocycles. The summed E-state index contributed by atoms with van der Waals surface area (Å²) >= 11 is 1.27. The lowest BCUT2D eigenvalue weighted by Crippen LogP contribution is -2.21. The molecule has 0 saturated heterocycles. The number of hydrogen-bond donors (Lipinski definition) is 2. The highest BCUT2D eigenvalue weighted by atomic mass is 32.1. The minimum absolute atomic E-state index is 0.456. The molecule has 0 amide bonds. The number of fused-ring (bicyclic) bond motifs is 1. The Morgan fingerprint density at radius 1 is 1.45 bits per heavy atom. The topological polar surface area (TPSA) is 93.0 Å². The summed E-state index contributed by atoms with van der Waals surface area (Å²) in [5, 5.41) is 3.88. The summed E-state index contributed by atoms with van der Waals surface area (Å²) in [4.78, 5) is 18.3. The molecule has 2 N–H and O–H groups in total. The van der Waals surface area contributed by atoms with E-state index in [9.17, 15) is 4.79 Å². The Hall–Kier alpha value is -2.19. The molecule has 0 atom stereocenters. The van der Waals surface area contributed by atoms with E-state index in [0.29, 0.717) is 28.6 Å². The summed E-state index contributed by atoms with van der Waals surface area (Å²) in [7, 11) is 1.63. The summed E-state index contributed by atoms with van der Waals surface area (Å²) in [6.07, 6.45) is 0. The quantitative estimate of drug-likeness (QED) is 0.750. The lowest BCUT2D eigenvalue weighted by Gasteiger charge is -2.18. The Morgan fingerprint density at radius 2 is 2.27 bits per heavy atom. The van der Waals surface area contributed by atoms with Crippen LogP contribution in [0.4, 0.5) is 5.13 Å². The molecule has 0 aliphatic carbocycles. The van der Waals surface area contributed by atoms with Crippen molar-refractivity contribution in [2.75, 3.05) is 12.4 Å². The van der Waals surface area contributed by atoms with Gasteiger partial charge in [-0.15, -0.1) is 0 Å². The van der Waals surface area contributed by atoms with Crippen molar-refractivity contribution in [2.45, 2.75) is 26.0 Å². The van der Waals surface area contributed by atoms with Crippen LogP contribution in [0.1, 0.15) is 25.2 Å². The molecule has 0 radical (unpaired) electrons. The normalized spacial score (nSPS) is 12.0. The van der Waals surface area contributed by atoms with Gasteiger partial charge in [0.05, 0.1) is 5.52 Å². The van der Waals surface area contributed by atoms with Gasteiger partial charge in [0, 0.05) is 30.8 Å². The van der Waals surface area contributed by atoms with E-state index in [2.05, 4.69) is 19.7 Å². The fourth-order valence-electron chi connectivity index (χ4n) is 1.97. The minimum atomic E-state index is -0.524. The van der Waals surface area contributed by atoms with E-state index in [-0.39, 0.29) is 0 Å². The van der Waals surface area contributed by atoms with E-state index in [1.807, 2.05) is 26.0 Å². The van der Waals surface area contributed by atoms with E-state index in [0.717, 1.165) is 5.56 Å². The molecule has 0 aliphatic heterocycles. The van der Waals surface area contributed by atoms with Crippen molar-refractivity contribution in [3.63, 3.8) is 0 Å². The highest BCUT2D eigenvalue weighted by molar-refractivity contribution is 7.09. The number of para-hydroxylation sites is 1. The highest BCUT2D eigenvalue weighted by Gasteiger charge is 2.24. The third-order valence-electron chi connectivity index (χ3n) is 3.43. The maximum Gasteiger partial charge on any atom is 0.417 e. The van der Waals surface area contributed by atoms with Crippen LogP contribution in [0, 0.1) is 0 Å². The second kappa shape index (κ2) is 5.54. The third kappa shape index (κ3) is 2.75. The Kier molecular flexibility index (Phi) is 3.71. The van der Waals surface area contributed by atoms with Crippen LogP contribution in [0.2, 0.25) is 0 Å². The Bertz CT molecular complexity index is 849. The van der Waals surface area contributed by atoms with E-state index >= 15 is 0 Å². The van der Waals surface area contributed by atoms with E-state index in [4.69, 9.17) is 9.15 Å². The Labute approximate surface area is 130 Å². The van der Waals surface area contributed by atoms with E-state index in [1.165, 1.54) is 11.5 Å². The molecule has 0 aliphatic rings. The molecule has 22 heavy (non-hydrogen) atoms. The summed E-state index contributed by atoms with van der Waals surface area (Å²) in [6.45, 7) is 4.31. The number of benzene rings is 1. The van der Waals surface area contributed by atoms with Crippen LogP contribution >= 0.6 is 11.5 Å². The average Bonchev–Trinajstić information content (AvgIpc) is 3.10. The monoisotopic (exact) mass is 320 g/mol. The first-order valence-corrected chi connectivity index (χ1v) is 7.51. The molecule has 3 aromatic rings. The van der Waals surface area contributed by atoms with Gasteiger partial charge in [0.1, 0.15) is 5.60 Å². The Morgan fingerprint density at radius 3 is 3.05 bits per heavy atom. The molecule has 0 fully saturated rings. The molecule has 0 spiro atoms. The molecule has 7 nitrogen and oxygen atoms in total. The first kappa shape index (κ1) is 14.7. The molecule has 8 heteroatoms. The number of anilines is 1. The van der Waals surface area contributed by atoms with Crippen molar-refractivity contribution < 1.29 is 9.15 Å². The van der Waals surface area contributed by atoms with Gasteiger partial charge in [-0.05, 0) is 19.9 Å². The predicted octanol–water partition coefficient (Wildman–Crippen LogP) is 2.47. The SMILES string of the molecule is COC(C)(C)c1nsc(NCc2cccc3[nH]c(=O)oc23)n1. The van der Waals surface area contributed by atoms with Gasteiger partial charge in [0.15, 0.2) is 11.4 Å². The van der Waals surface area contributed by atoms with E-state index < -0.39 is 11.4 Å². The molecule has 0 bridgehead atoms. The van der Waals surface area contributed by atoms with Gasteiger partial charge < -0.3 is 14.5 Å². The van der Waals surface area contributed by atoms with Crippen molar-refractivity contribution in [2.24, 2.45) is 0 Å². The summed E-state index contributed by atoms with van der Waals surface area (Å²) in [5.74, 6) is 0.177. The van der Waals surface area contributed by atoms with Crippen molar-refractivity contribution in [1.82, 2.24) is 14.3 Å². The van der Waals surface area contributed by atoms with Gasteiger partial charge in [0.25, 0.3) is 0 Å². The largest absolute Gasteiger partial charge is 0.417 e. The summed E-state index contributed by atoms with van der Waals surface area (Å²) < 4.78 is 14.8. The van der Waals surface area contributed by atoms with Crippen molar-refractivity contribution in [3.05, 3.63) is 40.1 Å². The third-order valence-corrected chi connectivity index (χ3v) is 4.11. The molecular formula is C14H16N4O3S. The fourth-order valence-corrected chi connectivity index (χ4v) is 2.67. The van der Waals surface area contributed by atoms with Gasteiger partial charge in [-0.3, -0.25) is 4.98 Å². The maximum absolute atomic E-state index is 11.3. The molecular weight excluding hydrogens is 304 g/mol. The van der Waals surface area contributed by atoms with Gasteiger partial charge >= 0.3 is 5.76 Å². The van der Waals surface area contributed by atoms with Gasteiger partial charge in [-0.25, -0.2) is 9.78 Å². The first-order valence-electron chi connectivity index (χ1n) is 6.73. The maximum atomic E-state index is 11.3. The van der Waals surface area contributed by atoms with Gasteiger partial charge in [0.2, 0.25) is 5.13 Å². The summed E-state index contributed by atoms with van der Waals surface area (Å²) in [5.41, 5.74) is 1.59. The number of nitrogens with one attached hydrogen (secondary N) is 2. The second-order valence-electron chi connectivity index (χ2n) is 5.30. The lowest BCUT2D eigenvalue weighted by molar-refractivity contribution is 0.0126. The van der Waals surface area contributed by atoms with Crippen LogP contribution in [-0.2, 0) is 16.9 Å². The number of oxazole rings is 1. The zero-order valence-corrected chi connectivity index (χ0v) is 13.3. The van der Waals surface area contributed by atoms with Crippen LogP contribution < -0.4 is 11.1 Å². The van der Waals surface area contributed by atoms with Gasteiger partial charge in [-0.2, -0.15) is 4.37 Å². The predicted molar refractivity (Wildman–Crippen MR) is 84.1 cm³/mol. The summed E-state index contributed by atoms with van der Waals surface area (Å²) in [6, 6.07) is 5.56. The van der Waals surface area contributed by atoms with Crippen molar-refractivity contribution in [1.29, 1.82) is 0 Å². The molecule has 1 aromatic carbocycles. The smallest absolute Gasteiger partial charge is 0.407 e. The number of hydrogen-bond acceptors (Lipinski definition) is 7. The van der Waals surface area contributed by atoms with Crippen molar-refractivity contribution in [3.8, 4) is 0 Å². The molecule has 116 valence electrons. The molecule has 3 rings (SSSR count). The van der Waals surface area contributed by atoms with Crippen LogP contribution in [-0.4, -0.2) is 21.5 Å². The number of nitrogens with zero attached hydrogens (tertiary/aromatic N) is 2. The van der Waals surface area contributed by atoms with Crippen LogP contribution in [0.15, 0.2) is 27.4 Å². The minimum Gasteiger partial charge on any atom is -0.407 e. The second-order valence-corrected chi connectivity index (χ2v) is 6.05. The molecule has 2 heterocycles. The van der Waals surface area contributed by atoms with Crippen LogP contribution in [0.5, 0.6) is 0 Å². The zero-order chi connectivity index (χ0) is 15.7. The lowest BCUT2D eigenvalue weighted by atomic mass is 10.1. The van der Waals surface area contributed by atoms with Gasteiger partial charge in [-0.1, -0.05) is 12.1 Å².